The lowest BCUT2D eigenvalue weighted by molar-refractivity contribution is 0.858. The normalized spacial score (nSPS) is 12.9. The van der Waals surface area contributed by atoms with E-state index in [2.05, 4.69) is 44.7 Å². The Bertz CT molecular complexity index is 272. The van der Waals surface area contributed by atoms with Gasteiger partial charge in [-0.3, -0.25) is 0 Å². The molecule has 0 amide bonds. The molecule has 0 aliphatic heterocycles. The summed E-state index contributed by atoms with van der Waals surface area (Å²) in [6.07, 6.45) is 1.75. The van der Waals surface area contributed by atoms with Gasteiger partial charge in [-0.2, -0.15) is 0 Å². The molecule has 1 unspecified atom stereocenters. The minimum absolute atomic E-state index is 0.0405. The number of benzene rings is 1. The van der Waals surface area contributed by atoms with Crippen LogP contribution in [0.25, 0.3) is 0 Å². The molecule has 1 nitrogen and oxygen atoms in total. The molecule has 0 spiro atoms. The maximum absolute atomic E-state index is 5.80. The van der Waals surface area contributed by atoms with Gasteiger partial charge in [0.2, 0.25) is 0 Å². The standard InChI is InChI=1S/C12H17N/c1-4-12(13)11-7-5-10(6-8-11)9(2)3/h4-9,12H,1,13H2,2-3H3. The molecule has 1 rings (SSSR count). The van der Waals surface area contributed by atoms with E-state index in [9.17, 15) is 0 Å². The van der Waals surface area contributed by atoms with Gasteiger partial charge in [-0.05, 0) is 17.0 Å². The van der Waals surface area contributed by atoms with Crippen molar-refractivity contribution in [3.63, 3.8) is 0 Å². The van der Waals surface area contributed by atoms with E-state index in [-0.39, 0.29) is 6.04 Å². The third-order valence-corrected chi connectivity index (χ3v) is 2.24. The lowest BCUT2D eigenvalue weighted by Crippen LogP contribution is -2.06. The first-order valence-corrected chi connectivity index (χ1v) is 4.63. The average molecular weight is 175 g/mol. The summed E-state index contributed by atoms with van der Waals surface area (Å²) in [4.78, 5) is 0. The van der Waals surface area contributed by atoms with Gasteiger partial charge in [0.15, 0.2) is 0 Å². The van der Waals surface area contributed by atoms with Crippen LogP contribution in [-0.4, -0.2) is 0 Å². The zero-order chi connectivity index (χ0) is 9.84. The number of hydrogen-bond acceptors (Lipinski definition) is 1. The fourth-order valence-electron chi connectivity index (χ4n) is 1.24. The Morgan fingerprint density at radius 2 is 1.62 bits per heavy atom. The van der Waals surface area contributed by atoms with Crippen molar-refractivity contribution in [1.82, 2.24) is 0 Å². The van der Waals surface area contributed by atoms with Crippen molar-refractivity contribution in [3.8, 4) is 0 Å². The van der Waals surface area contributed by atoms with Crippen molar-refractivity contribution in [3.05, 3.63) is 48.0 Å². The molecule has 0 aliphatic carbocycles. The molecular weight excluding hydrogens is 158 g/mol. The zero-order valence-corrected chi connectivity index (χ0v) is 8.33. The van der Waals surface area contributed by atoms with Gasteiger partial charge in [0.25, 0.3) is 0 Å². The van der Waals surface area contributed by atoms with E-state index >= 15 is 0 Å². The van der Waals surface area contributed by atoms with Gasteiger partial charge in [0, 0.05) is 6.04 Å². The maximum atomic E-state index is 5.80. The SMILES string of the molecule is C=CC(N)c1ccc(C(C)C)cc1. The van der Waals surface area contributed by atoms with Crippen molar-refractivity contribution in [1.29, 1.82) is 0 Å². The van der Waals surface area contributed by atoms with E-state index in [0.717, 1.165) is 5.56 Å². The summed E-state index contributed by atoms with van der Waals surface area (Å²) in [5.41, 5.74) is 8.27. The smallest absolute Gasteiger partial charge is 0.0478 e. The van der Waals surface area contributed by atoms with Gasteiger partial charge < -0.3 is 5.73 Å². The van der Waals surface area contributed by atoms with Crippen LogP contribution in [0.3, 0.4) is 0 Å². The van der Waals surface area contributed by atoms with Crippen LogP contribution in [0.15, 0.2) is 36.9 Å². The Morgan fingerprint density at radius 1 is 1.15 bits per heavy atom. The van der Waals surface area contributed by atoms with Crippen LogP contribution in [0.5, 0.6) is 0 Å². The Kier molecular flexibility index (Phi) is 3.26. The number of nitrogens with two attached hydrogens (primary N) is 1. The fraction of sp³-hybridized carbons (Fsp3) is 0.333. The highest BCUT2D eigenvalue weighted by molar-refractivity contribution is 5.28. The first-order chi connectivity index (χ1) is 6.15. The summed E-state index contributed by atoms with van der Waals surface area (Å²) in [7, 11) is 0. The molecule has 0 radical (unpaired) electrons. The van der Waals surface area contributed by atoms with Crippen LogP contribution in [0, 0.1) is 0 Å². The highest BCUT2D eigenvalue weighted by Gasteiger charge is 2.02. The molecule has 0 fully saturated rings. The molecule has 0 heterocycles. The van der Waals surface area contributed by atoms with E-state index in [1.165, 1.54) is 5.56 Å². The van der Waals surface area contributed by atoms with Gasteiger partial charge in [-0.15, -0.1) is 6.58 Å². The highest BCUT2D eigenvalue weighted by atomic mass is 14.6. The molecule has 2 N–H and O–H groups in total. The number of rotatable bonds is 3. The molecule has 1 aromatic carbocycles. The summed E-state index contributed by atoms with van der Waals surface area (Å²) in [5, 5.41) is 0. The Hall–Kier alpha value is -1.08. The zero-order valence-electron chi connectivity index (χ0n) is 8.33. The van der Waals surface area contributed by atoms with E-state index in [1.54, 1.807) is 6.08 Å². The molecule has 0 aliphatic rings. The van der Waals surface area contributed by atoms with Crippen molar-refractivity contribution in [2.75, 3.05) is 0 Å². The van der Waals surface area contributed by atoms with Crippen LogP contribution in [0.4, 0.5) is 0 Å². The fourth-order valence-corrected chi connectivity index (χ4v) is 1.24. The van der Waals surface area contributed by atoms with Crippen LogP contribution in [0.2, 0.25) is 0 Å². The highest BCUT2D eigenvalue weighted by Crippen LogP contribution is 2.17. The third kappa shape index (κ3) is 2.43. The minimum atomic E-state index is -0.0405. The molecule has 0 saturated heterocycles. The largest absolute Gasteiger partial charge is 0.321 e. The van der Waals surface area contributed by atoms with Gasteiger partial charge in [0.1, 0.15) is 0 Å². The van der Waals surface area contributed by atoms with Crippen molar-refractivity contribution in [2.45, 2.75) is 25.8 Å². The molecule has 1 atom stereocenters. The van der Waals surface area contributed by atoms with Crippen molar-refractivity contribution in [2.24, 2.45) is 5.73 Å². The van der Waals surface area contributed by atoms with Crippen LogP contribution in [-0.2, 0) is 0 Å². The predicted octanol–water partition coefficient (Wildman–Crippen LogP) is 3.00. The van der Waals surface area contributed by atoms with Crippen LogP contribution in [0.1, 0.15) is 36.9 Å². The molecule has 1 heteroatoms. The summed E-state index contributed by atoms with van der Waals surface area (Å²) < 4.78 is 0. The third-order valence-electron chi connectivity index (χ3n) is 2.24. The molecule has 70 valence electrons. The summed E-state index contributed by atoms with van der Waals surface area (Å²) in [6.45, 7) is 8.04. The molecular formula is C12H17N. The summed E-state index contributed by atoms with van der Waals surface area (Å²) in [5.74, 6) is 0.578. The first kappa shape index (κ1) is 10.0. The molecule has 0 saturated carbocycles. The lowest BCUT2D eigenvalue weighted by atomic mass is 9.99. The second-order valence-electron chi connectivity index (χ2n) is 3.58. The summed E-state index contributed by atoms with van der Waals surface area (Å²) >= 11 is 0. The molecule has 0 bridgehead atoms. The van der Waals surface area contributed by atoms with Gasteiger partial charge >= 0.3 is 0 Å². The first-order valence-electron chi connectivity index (χ1n) is 4.63. The maximum Gasteiger partial charge on any atom is 0.0478 e. The predicted molar refractivity (Wildman–Crippen MR) is 57.7 cm³/mol. The van der Waals surface area contributed by atoms with E-state index < -0.39 is 0 Å². The molecule has 1 aromatic rings. The van der Waals surface area contributed by atoms with Crippen molar-refractivity contribution < 1.29 is 0 Å². The van der Waals surface area contributed by atoms with E-state index in [0.29, 0.717) is 5.92 Å². The van der Waals surface area contributed by atoms with Crippen molar-refractivity contribution >= 4 is 0 Å². The minimum Gasteiger partial charge on any atom is -0.321 e. The topological polar surface area (TPSA) is 26.0 Å². The van der Waals surface area contributed by atoms with Crippen LogP contribution < -0.4 is 5.73 Å². The monoisotopic (exact) mass is 175 g/mol. The second-order valence-corrected chi connectivity index (χ2v) is 3.58. The molecule has 0 aromatic heterocycles. The molecule has 13 heavy (non-hydrogen) atoms. The Labute approximate surface area is 80.3 Å². The number of hydrogen-bond donors (Lipinski definition) is 1. The van der Waals surface area contributed by atoms with Gasteiger partial charge in [0.05, 0.1) is 0 Å². The van der Waals surface area contributed by atoms with Crippen LogP contribution >= 0.6 is 0 Å². The quantitative estimate of drug-likeness (QED) is 0.702. The lowest BCUT2D eigenvalue weighted by Gasteiger charge is -2.09. The van der Waals surface area contributed by atoms with Gasteiger partial charge in [-0.1, -0.05) is 44.2 Å². The average Bonchev–Trinajstić information content (AvgIpc) is 2.17. The van der Waals surface area contributed by atoms with Gasteiger partial charge in [-0.25, -0.2) is 0 Å². The van der Waals surface area contributed by atoms with E-state index in [4.69, 9.17) is 5.73 Å². The Morgan fingerprint density at radius 3 is 2.00 bits per heavy atom. The second kappa shape index (κ2) is 4.24. The summed E-state index contributed by atoms with van der Waals surface area (Å²) in [6, 6.07) is 8.36. The Balaban J connectivity index is 2.87. The van der Waals surface area contributed by atoms with E-state index in [1.807, 2.05) is 0 Å².